The third-order valence-corrected chi connectivity index (χ3v) is 5.16. The second-order valence-corrected chi connectivity index (χ2v) is 6.74. The summed E-state index contributed by atoms with van der Waals surface area (Å²) in [5, 5.41) is 0. The largest absolute Gasteiger partial charge is 0.333 e. The molecule has 0 spiro atoms. The van der Waals surface area contributed by atoms with Gasteiger partial charge in [0.25, 0.3) is 0 Å². The molecule has 1 saturated heterocycles. The van der Waals surface area contributed by atoms with Crippen molar-refractivity contribution in [2.75, 3.05) is 13.1 Å². The van der Waals surface area contributed by atoms with E-state index in [9.17, 15) is 4.79 Å². The zero-order valence-electron chi connectivity index (χ0n) is 14.5. The van der Waals surface area contributed by atoms with Crippen LogP contribution in [0.15, 0.2) is 49.1 Å². The van der Waals surface area contributed by atoms with E-state index in [1.807, 2.05) is 42.9 Å². The topological polar surface area (TPSA) is 38.1 Å². The fourth-order valence-electron chi connectivity index (χ4n) is 3.76. The van der Waals surface area contributed by atoms with E-state index >= 15 is 0 Å². The van der Waals surface area contributed by atoms with Gasteiger partial charge in [-0.1, -0.05) is 36.8 Å². The number of Topliss-reactive ketones (excluding diaryl/α,β-unsaturated/α-hetero) is 1. The molecule has 2 atom stereocenters. The van der Waals surface area contributed by atoms with Crippen molar-refractivity contribution in [3.63, 3.8) is 0 Å². The van der Waals surface area contributed by atoms with Crippen LogP contribution in [0.3, 0.4) is 0 Å². The lowest BCUT2D eigenvalue weighted by Crippen LogP contribution is -2.44. The van der Waals surface area contributed by atoms with E-state index in [1.54, 1.807) is 0 Å². The standard InChI is InChI=1S/C20H27N3O/c1-17(23-15-12-21-16-23)19-10-5-6-13-22(19)14-7-11-20(24)18-8-3-2-4-9-18/h2-4,8-9,12,15-17,19H,5-7,10-11,13-14H2,1H3. The summed E-state index contributed by atoms with van der Waals surface area (Å²) in [6.07, 6.45) is 11.2. The Labute approximate surface area is 144 Å². The van der Waals surface area contributed by atoms with E-state index in [2.05, 4.69) is 27.6 Å². The summed E-state index contributed by atoms with van der Waals surface area (Å²) in [5.74, 6) is 0.256. The van der Waals surface area contributed by atoms with Crippen LogP contribution in [0.5, 0.6) is 0 Å². The maximum atomic E-state index is 12.3. The van der Waals surface area contributed by atoms with Gasteiger partial charge in [-0.3, -0.25) is 9.69 Å². The number of carbonyl (C=O) groups is 1. The highest BCUT2D eigenvalue weighted by Gasteiger charge is 2.27. The Hall–Kier alpha value is -1.94. The van der Waals surface area contributed by atoms with Crippen molar-refractivity contribution in [3.8, 4) is 0 Å². The van der Waals surface area contributed by atoms with Crippen LogP contribution in [-0.2, 0) is 0 Å². The van der Waals surface area contributed by atoms with Crippen LogP contribution in [0.25, 0.3) is 0 Å². The van der Waals surface area contributed by atoms with E-state index in [0.29, 0.717) is 18.5 Å². The normalized spacial score (nSPS) is 20.0. The first-order chi connectivity index (χ1) is 11.8. The highest BCUT2D eigenvalue weighted by Crippen LogP contribution is 2.26. The summed E-state index contributed by atoms with van der Waals surface area (Å²) in [4.78, 5) is 19.0. The third-order valence-electron chi connectivity index (χ3n) is 5.16. The Morgan fingerprint density at radius 1 is 1.29 bits per heavy atom. The van der Waals surface area contributed by atoms with Crippen molar-refractivity contribution in [3.05, 3.63) is 54.6 Å². The van der Waals surface area contributed by atoms with E-state index in [0.717, 1.165) is 25.1 Å². The molecular weight excluding hydrogens is 298 g/mol. The molecule has 24 heavy (non-hydrogen) atoms. The number of nitrogens with zero attached hydrogens (tertiary/aromatic N) is 3. The number of carbonyl (C=O) groups excluding carboxylic acids is 1. The molecule has 1 aliphatic heterocycles. The monoisotopic (exact) mass is 325 g/mol. The SMILES string of the molecule is CC(C1CCCCN1CCCC(=O)c1ccccc1)n1ccnc1. The van der Waals surface area contributed by atoms with Crippen molar-refractivity contribution < 1.29 is 4.79 Å². The van der Waals surface area contributed by atoms with Gasteiger partial charge >= 0.3 is 0 Å². The Kier molecular flexibility index (Phi) is 5.81. The molecule has 0 bridgehead atoms. The molecule has 2 aromatic rings. The molecule has 2 unspecified atom stereocenters. The predicted molar refractivity (Wildman–Crippen MR) is 96.2 cm³/mol. The van der Waals surface area contributed by atoms with Gasteiger partial charge < -0.3 is 4.57 Å². The average Bonchev–Trinajstić information content (AvgIpc) is 3.17. The van der Waals surface area contributed by atoms with Crippen molar-refractivity contribution in [2.24, 2.45) is 0 Å². The average molecular weight is 325 g/mol. The van der Waals surface area contributed by atoms with Gasteiger partial charge in [0.1, 0.15) is 0 Å². The van der Waals surface area contributed by atoms with Crippen LogP contribution >= 0.6 is 0 Å². The van der Waals surface area contributed by atoms with Gasteiger partial charge in [0.2, 0.25) is 0 Å². The van der Waals surface area contributed by atoms with Gasteiger partial charge in [0, 0.05) is 36.5 Å². The number of imidazole rings is 1. The molecule has 0 saturated carbocycles. The lowest BCUT2D eigenvalue weighted by Gasteiger charge is -2.39. The van der Waals surface area contributed by atoms with Crippen LogP contribution in [0.4, 0.5) is 0 Å². The zero-order chi connectivity index (χ0) is 16.8. The number of hydrogen-bond acceptors (Lipinski definition) is 3. The molecule has 0 radical (unpaired) electrons. The second kappa shape index (κ2) is 8.25. The Balaban J connectivity index is 1.53. The van der Waals surface area contributed by atoms with E-state index < -0.39 is 0 Å². The summed E-state index contributed by atoms with van der Waals surface area (Å²) in [7, 11) is 0. The van der Waals surface area contributed by atoms with Crippen molar-refractivity contribution >= 4 is 5.78 Å². The third kappa shape index (κ3) is 4.12. The van der Waals surface area contributed by atoms with Crippen molar-refractivity contribution in [2.45, 2.75) is 51.1 Å². The van der Waals surface area contributed by atoms with Crippen molar-refractivity contribution in [1.29, 1.82) is 0 Å². The molecule has 3 rings (SSSR count). The van der Waals surface area contributed by atoms with Gasteiger partial charge in [0.15, 0.2) is 5.78 Å². The Morgan fingerprint density at radius 2 is 2.12 bits per heavy atom. The highest BCUT2D eigenvalue weighted by atomic mass is 16.1. The Morgan fingerprint density at radius 3 is 2.88 bits per heavy atom. The van der Waals surface area contributed by atoms with E-state index in [4.69, 9.17) is 0 Å². The number of ketones is 1. The summed E-state index contributed by atoms with van der Waals surface area (Å²) in [5.41, 5.74) is 0.833. The second-order valence-electron chi connectivity index (χ2n) is 6.74. The molecule has 0 N–H and O–H groups in total. The van der Waals surface area contributed by atoms with Crippen LogP contribution in [0.2, 0.25) is 0 Å². The van der Waals surface area contributed by atoms with Crippen molar-refractivity contribution in [1.82, 2.24) is 14.5 Å². The molecule has 0 aliphatic carbocycles. The fraction of sp³-hybridized carbons (Fsp3) is 0.500. The summed E-state index contributed by atoms with van der Waals surface area (Å²) in [6, 6.07) is 10.6. The molecule has 1 aromatic carbocycles. The number of hydrogen-bond donors (Lipinski definition) is 0. The van der Waals surface area contributed by atoms with Gasteiger partial charge in [-0.15, -0.1) is 0 Å². The molecule has 4 nitrogen and oxygen atoms in total. The lowest BCUT2D eigenvalue weighted by molar-refractivity contribution is 0.0924. The number of rotatable bonds is 7. The minimum atomic E-state index is 0.256. The zero-order valence-corrected chi connectivity index (χ0v) is 14.5. The Bertz CT molecular complexity index is 624. The molecule has 0 amide bonds. The first-order valence-electron chi connectivity index (χ1n) is 9.05. The molecule has 2 heterocycles. The molecule has 1 aromatic heterocycles. The number of piperidine rings is 1. The minimum absolute atomic E-state index is 0.256. The molecule has 4 heteroatoms. The summed E-state index contributed by atoms with van der Waals surface area (Å²) >= 11 is 0. The van der Waals surface area contributed by atoms with E-state index in [1.165, 1.54) is 19.3 Å². The van der Waals surface area contributed by atoms with Gasteiger partial charge in [-0.2, -0.15) is 0 Å². The maximum absolute atomic E-state index is 12.3. The van der Waals surface area contributed by atoms with E-state index in [-0.39, 0.29) is 5.78 Å². The summed E-state index contributed by atoms with van der Waals surface area (Å²) < 4.78 is 2.21. The number of likely N-dealkylation sites (tertiary alicyclic amines) is 1. The number of benzene rings is 1. The van der Waals surface area contributed by atoms with Gasteiger partial charge in [0.05, 0.1) is 6.33 Å². The van der Waals surface area contributed by atoms with Crippen LogP contribution in [-0.4, -0.2) is 39.4 Å². The summed E-state index contributed by atoms with van der Waals surface area (Å²) in [6.45, 7) is 4.42. The first-order valence-corrected chi connectivity index (χ1v) is 9.05. The van der Waals surface area contributed by atoms with Gasteiger partial charge in [-0.05, 0) is 39.3 Å². The molecule has 128 valence electrons. The fourth-order valence-corrected chi connectivity index (χ4v) is 3.76. The van der Waals surface area contributed by atoms with Gasteiger partial charge in [-0.25, -0.2) is 4.98 Å². The van der Waals surface area contributed by atoms with Crippen LogP contribution < -0.4 is 0 Å². The first kappa shape index (κ1) is 16.9. The molecule has 1 fully saturated rings. The van der Waals surface area contributed by atoms with Crippen LogP contribution in [0, 0.1) is 0 Å². The maximum Gasteiger partial charge on any atom is 0.162 e. The number of aromatic nitrogens is 2. The molecular formula is C20H27N3O. The minimum Gasteiger partial charge on any atom is -0.333 e. The predicted octanol–water partition coefficient (Wildman–Crippen LogP) is 3.96. The highest BCUT2D eigenvalue weighted by molar-refractivity contribution is 5.95. The smallest absolute Gasteiger partial charge is 0.162 e. The lowest BCUT2D eigenvalue weighted by atomic mass is 9.95. The van der Waals surface area contributed by atoms with Crippen LogP contribution in [0.1, 0.15) is 55.4 Å². The molecule has 1 aliphatic rings. The quantitative estimate of drug-likeness (QED) is 0.723.